The molecule has 0 bridgehead atoms. The van der Waals surface area contributed by atoms with Gasteiger partial charge in [0.15, 0.2) is 11.5 Å². The Hall–Kier alpha value is -3.63. The zero-order valence-electron chi connectivity index (χ0n) is 16.8. The molecule has 154 valence electrons. The summed E-state index contributed by atoms with van der Waals surface area (Å²) in [6.45, 7) is 1.88. The van der Waals surface area contributed by atoms with Crippen molar-refractivity contribution in [2.45, 2.75) is 13.0 Å². The summed E-state index contributed by atoms with van der Waals surface area (Å²) in [4.78, 5) is 27.8. The summed E-state index contributed by atoms with van der Waals surface area (Å²) in [6.07, 6.45) is 3.06. The minimum absolute atomic E-state index is 0.0442. The molecule has 0 saturated carbocycles. The second-order valence-electron chi connectivity index (χ2n) is 7.29. The van der Waals surface area contributed by atoms with Crippen LogP contribution in [0.5, 0.6) is 0 Å². The number of hydrogen-bond donors (Lipinski definition) is 1. The molecular formula is C26H20ClNO3. The molecule has 5 heteroatoms. The lowest BCUT2D eigenvalue weighted by Crippen LogP contribution is -2.31. The highest BCUT2D eigenvalue weighted by atomic mass is 35.5. The van der Waals surface area contributed by atoms with E-state index < -0.39 is 23.5 Å². The Bertz CT molecular complexity index is 1200. The van der Waals surface area contributed by atoms with Crippen LogP contribution >= 0.6 is 11.6 Å². The fraction of sp³-hybridized carbons (Fsp3) is 0.0769. The number of anilines is 1. The van der Waals surface area contributed by atoms with Crippen molar-refractivity contribution >= 4 is 35.1 Å². The molecule has 1 aliphatic heterocycles. The Balaban J connectivity index is 1.81. The number of rotatable bonds is 5. The maximum absolute atomic E-state index is 13.2. The largest absolute Gasteiger partial charge is 0.503 e. The molecule has 0 fully saturated rings. The number of allylic oxidation sites excluding steroid dienone is 1. The summed E-state index contributed by atoms with van der Waals surface area (Å²) in [6, 6.07) is 22.9. The number of aliphatic hydroxyl groups excluding tert-OH is 1. The number of aliphatic hydroxyl groups is 1. The molecular weight excluding hydrogens is 410 g/mol. The molecule has 3 aromatic carbocycles. The fourth-order valence-corrected chi connectivity index (χ4v) is 3.85. The van der Waals surface area contributed by atoms with E-state index in [4.69, 9.17) is 11.6 Å². The van der Waals surface area contributed by atoms with E-state index in [9.17, 15) is 14.7 Å². The van der Waals surface area contributed by atoms with Crippen molar-refractivity contribution in [3.05, 3.63) is 118 Å². The van der Waals surface area contributed by atoms with Crippen molar-refractivity contribution in [2.75, 3.05) is 4.90 Å². The first-order valence-corrected chi connectivity index (χ1v) is 10.2. The van der Waals surface area contributed by atoms with Crippen molar-refractivity contribution < 1.29 is 14.7 Å². The van der Waals surface area contributed by atoms with Crippen molar-refractivity contribution in [2.24, 2.45) is 0 Å². The standard InChI is InChI=1S/C26H20ClNO3/c1-17-7-5-6-10-21(17)28-24(19-12-14-20(27)15-13-19)23(25(30)26(28)31)22(29)16-11-18-8-3-2-4-9-18/h2-16,24,30H,1H3. The van der Waals surface area contributed by atoms with Crippen LogP contribution in [-0.2, 0) is 9.59 Å². The smallest absolute Gasteiger partial charge is 0.294 e. The molecule has 1 unspecified atom stereocenters. The molecule has 1 N–H and O–H groups in total. The van der Waals surface area contributed by atoms with Gasteiger partial charge in [0.25, 0.3) is 5.91 Å². The van der Waals surface area contributed by atoms with Crippen LogP contribution in [0.1, 0.15) is 22.7 Å². The normalized spacial score (nSPS) is 16.4. The molecule has 0 aromatic heterocycles. The third-order valence-corrected chi connectivity index (χ3v) is 5.51. The predicted octanol–water partition coefficient (Wildman–Crippen LogP) is 5.83. The number of halogens is 1. The van der Waals surface area contributed by atoms with E-state index in [1.54, 1.807) is 36.4 Å². The summed E-state index contributed by atoms with van der Waals surface area (Å²) >= 11 is 6.05. The van der Waals surface area contributed by atoms with Crippen LogP contribution in [0.2, 0.25) is 5.02 Å². The number of carbonyl (C=O) groups is 2. The number of ketones is 1. The van der Waals surface area contributed by atoms with E-state index in [-0.39, 0.29) is 5.57 Å². The number of nitrogens with zero attached hydrogens (tertiary/aromatic N) is 1. The second kappa shape index (κ2) is 8.62. The lowest BCUT2D eigenvalue weighted by Gasteiger charge is -2.28. The molecule has 0 radical (unpaired) electrons. The summed E-state index contributed by atoms with van der Waals surface area (Å²) < 4.78 is 0. The van der Waals surface area contributed by atoms with E-state index in [0.29, 0.717) is 16.3 Å². The highest BCUT2D eigenvalue weighted by Gasteiger charge is 2.44. The third kappa shape index (κ3) is 4.03. The Morgan fingerprint density at radius 3 is 2.29 bits per heavy atom. The molecule has 31 heavy (non-hydrogen) atoms. The van der Waals surface area contributed by atoms with Crippen LogP contribution in [0, 0.1) is 6.92 Å². The van der Waals surface area contributed by atoms with Crippen molar-refractivity contribution in [3.63, 3.8) is 0 Å². The van der Waals surface area contributed by atoms with E-state index in [2.05, 4.69) is 0 Å². The highest BCUT2D eigenvalue weighted by Crippen LogP contribution is 2.42. The molecule has 4 nitrogen and oxygen atoms in total. The molecule has 0 aliphatic carbocycles. The van der Waals surface area contributed by atoms with Gasteiger partial charge in [-0.2, -0.15) is 0 Å². The number of amides is 1. The molecule has 0 saturated heterocycles. The molecule has 4 rings (SSSR count). The lowest BCUT2D eigenvalue weighted by molar-refractivity contribution is -0.117. The van der Waals surface area contributed by atoms with E-state index in [1.165, 1.54) is 11.0 Å². The van der Waals surface area contributed by atoms with Gasteiger partial charge < -0.3 is 5.11 Å². The van der Waals surface area contributed by atoms with Gasteiger partial charge in [-0.05, 0) is 47.9 Å². The molecule has 1 atom stereocenters. The maximum Gasteiger partial charge on any atom is 0.294 e. The molecule has 1 amide bonds. The van der Waals surface area contributed by atoms with Gasteiger partial charge >= 0.3 is 0 Å². The van der Waals surface area contributed by atoms with Crippen molar-refractivity contribution in [1.82, 2.24) is 0 Å². The zero-order chi connectivity index (χ0) is 22.0. The van der Waals surface area contributed by atoms with Crippen molar-refractivity contribution in [3.8, 4) is 0 Å². The molecule has 1 heterocycles. The van der Waals surface area contributed by atoms with Gasteiger partial charge in [-0.1, -0.05) is 78.3 Å². The molecule has 0 spiro atoms. The van der Waals surface area contributed by atoms with Gasteiger partial charge in [0.1, 0.15) is 0 Å². The van der Waals surface area contributed by atoms with E-state index in [1.807, 2.05) is 55.5 Å². The first kappa shape index (κ1) is 20.6. The predicted molar refractivity (Wildman–Crippen MR) is 123 cm³/mol. The van der Waals surface area contributed by atoms with Crippen LogP contribution in [0.3, 0.4) is 0 Å². The van der Waals surface area contributed by atoms with Gasteiger partial charge in [0, 0.05) is 10.7 Å². The minimum atomic E-state index is -0.765. The Morgan fingerprint density at radius 2 is 1.61 bits per heavy atom. The van der Waals surface area contributed by atoms with E-state index >= 15 is 0 Å². The fourth-order valence-electron chi connectivity index (χ4n) is 3.73. The Kier molecular flexibility index (Phi) is 5.74. The minimum Gasteiger partial charge on any atom is -0.503 e. The van der Waals surface area contributed by atoms with Crippen LogP contribution in [0.4, 0.5) is 5.69 Å². The number of benzene rings is 3. The summed E-state index contributed by atoms with van der Waals surface area (Å²) in [5, 5.41) is 11.3. The Morgan fingerprint density at radius 1 is 0.968 bits per heavy atom. The third-order valence-electron chi connectivity index (χ3n) is 5.26. The first-order chi connectivity index (χ1) is 15.0. The first-order valence-electron chi connectivity index (χ1n) is 9.82. The highest BCUT2D eigenvalue weighted by molar-refractivity contribution is 6.30. The van der Waals surface area contributed by atoms with Crippen LogP contribution in [0.15, 0.2) is 96.3 Å². The van der Waals surface area contributed by atoms with Crippen LogP contribution in [-0.4, -0.2) is 16.8 Å². The van der Waals surface area contributed by atoms with Gasteiger partial charge in [0.2, 0.25) is 0 Å². The second-order valence-corrected chi connectivity index (χ2v) is 7.72. The van der Waals surface area contributed by atoms with Gasteiger partial charge in [0.05, 0.1) is 11.6 Å². The Labute approximate surface area is 185 Å². The monoisotopic (exact) mass is 429 g/mol. The van der Waals surface area contributed by atoms with Crippen molar-refractivity contribution in [1.29, 1.82) is 0 Å². The van der Waals surface area contributed by atoms with E-state index in [0.717, 1.165) is 11.1 Å². The van der Waals surface area contributed by atoms with Gasteiger partial charge in [-0.15, -0.1) is 0 Å². The lowest BCUT2D eigenvalue weighted by atomic mass is 9.95. The topological polar surface area (TPSA) is 57.6 Å². The average molecular weight is 430 g/mol. The van der Waals surface area contributed by atoms with Crippen LogP contribution < -0.4 is 4.90 Å². The van der Waals surface area contributed by atoms with Gasteiger partial charge in [-0.3, -0.25) is 14.5 Å². The van der Waals surface area contributed by atoms with Gasteiger partial charge in [-0.25, -0.2) is 0 Å². The molecule has 1 aliphatic rings. The number of hydrogen-bond acceptors (Lipinski definition) is 3. The number of aryl methyl sites for hydroxylation is 1. The molecule has 3 aromatic rings. The maximum atomic E-state index is 13.2. The average Bonchev–Trinajstić information content (AvgIpc) is 3.04. The quantitative estimate of drug-likeness (QED) is 0.519. The number of para-hydroxylation sites is 1. The number of carbonyl (C=O) groups excluding carboxylic acids is 2. The summed E-state index contributed by atoms with van der Waals surface area (Å²) in [7, 11) is 0. The summed E-state index contributed by atoms with van der Waals surface area (Å²) in [5.41, 5.74) is 3.06. The van der Waals surface area contributed by atoms with Crippen LogP contribution in [0.25, 0.3) is 6.08 Å². The zero-order valence-corrected chi connectivity index (χ0v) is 17.6. The summed E-state index contributed by atoms with van der Waals surface area (Å²) in [5.74, 6) is -1.57. The SMILES string of the molecule is Cc1ccccc1N1C(=O)C(O)=C(C(=O)C=Cc2ccccc2)C1c1ccc(Cl)cc1.